The third kappa shape index (κ3) is 4.84. The Kier molecular flexibility index (Phi) is 6.74. The Balaban J connectivity index is 1.70. The van der Waals surface area contributed by atoms with E-state index < -0.39 is 5.54 Å². The second-order valence-corrected chi connectivity index (χ2v) is 11.0. The molecule has 7 heteroatoms. The van der Waals surface area contributed by atoms with E-state index in [0.717, 1.165) is 42.7 Å². The predicted octanol–water partition coefficient (Wildman–Crippen LogP) is 4.44. The number of benzene rings is 1. The molecule has 184 valence electrons. The number of ether oxygens (including phenoxy) is 1. The van der Waals surface area contributed by atoms with Gasteiger partial charge < -0.3 is 15.0 Å². The molecule has 1 N–H and O–H groups in total. The highest BCUT2D eigenvalue weighted by Crippen LogP contribution is 2.32. The first-order chi connectivity index (χ1) is 16.1. The van der Waals surface area contributed by atoms with Crippen LogP contribution >= 0.6 is 0 Å². The van der Waals surface area contributed by atoms with Crippen molar-refractivity contribution in [3.8, 4) is 5.75 Å². The van der Waals surface area contributed by atoms with Crippen LogP contribution in [0.15, 0.2) is 30.3 Å². The summed E-state index contributed by atoms with van der Waals surface area (Å²) in [7, 11) is 1.63. The highest BCUT2D eigenvalue weighted by atomic mass is 16.5. The third-order valence-corrected chi connectivity index (χ3v) is 7.22. The van der Waals surface area contributed by atoms with E-state index in [9.17, 15) is 9.59 Å². The number of carbonyl (C=O) groups excluding carboxylic acids is 2. The van der Waals surface area contributed by atoms with Gasteiger partial charge in [-0.2, -0.15) is 5.10 Å². The van der Waals surface area contributed by atoms with E-state index in [1.807, 2.05) is 37.3 Å². The molecule has 34 heavy (non-hydrogen) atoms. The van der Waals surface area contributed by atoms with Crippen molar-refractivity contribution in [2.45, 2.75) is 96.3 Å². The van der Waals surface area contributed by atoms with Crippen LogP contribution in [0.4, 0.5) is 0 Å². The topological polar surface area (TPSA) is 76.5 Å². The lowest BCUT2D eigenvalue weighted by Gasteiger charge is -2.44. The van der Waals surface area contributed by atoms with Crippen molar-refractivity contribution in [2.24, 2.45) is 0 Å². The van der Waals surface area contributed by atoms with E-state index >= 15 is 0 Å². The molecule has 1 aromatic heterocycles. The second-order valence-electron chi connectivity index (χ2n) is 11.0. The quantitative estimate of drug-likeness (QED) is 0.661. The molecule has 1 unspecified atom stereocenters. The maximum absolute atomic E-state index is 13.8. The van der Waals surface area contributed by atoms with Gasteiger partial charge in [0.2, 0.25) is 5.91 Å². The van der Waals surface area contributed by atoms with Crippen molar-refractivity contribution in [2.75, 3.05) is 7.11 Å². The van der Waals surface area contributed by atoms with Gasteiger partial charge in [0.05, 0.1) is 19.3 Å². The number of nitrogens with one attached hydrogen (secondary N) is 1. The van der Waals surface area contributed by atoms with Crippen molar-refractivity contribution in [1.29, 1.82) is 0 Å². The van der Waals surface area contributed by atoms with Crippen LogP contribution in [-0.2, 0) is 23.3 Å². The first-order valence-electron chi connectivity index (χ1n) is 12.5. The lowest BCUT2D eigenvalue weighted by atomic mass is 9.91. The van der Waals surface area contributed by atoms with E-state index in [1.165, 1.54) is 12.8 Å². The Bertz CT molecular complexity index is 1050. The van der Waals surface area contributed by atoms with E-state index in [2.05, 4.69) is 26.1 Å². The summed E-state index contributed by atoms with van der Waals surface area (Å²) in [6.45, 7) is 8.76. The fraction of sp³-hybridized carbons (Fsp3) is 0.593. The van der Waals surface area contributed by atoms with E-state index in [-0.39, 0.29) is 23.3 Å². The van der Waals surface area contributed by atoms with Crippen LogP contribution in [0, 0.1) is 0 Å². The van der Waals surface area contributed by atoms with E-state index in [0.29, 0.717) is 18.8 Å². The minimum absolute atomic E-state index is 0.103. The fourth-order valence-electron chi connectivity index (χ4n) is 4.97. The Morgan fingerprint density at radius 1 is 1.18 bits per heavy atom. The molecule has 2 heterocycles. The number of hydrogen-bond acceptors (Lipinski definition) is 4. The molecule has 1 aliphatic carbocycles. The first kappa shape index (κ1) is 24.3. The normalized spacial score (nSPS) is 21.7. The summed E-state index contributed by atoms with van der Waals surface area (Å²) in [5.74, 6) is 0.455. The third-order valence-electron chi connectivity index (χ3n) is 7.22. The number of hydrogen-bond donors (Lipinski definition) is 1. The molecular weight excluding hydrogens is 428 g/mol. The molecule has 1 saturated carbocycles. The zero-order valence-electron chi connectivity index (χ0n) is 21.2. The van der Waals surface area contributed by atoms with Crippen LogP contribution in [-0.4, -0.2) is 45.2 Å². The van der Waals surface area contributed by atoms with Crippen molar-refractivity contribution in [3.05, 3.63) is 47.3 Å². The molecule has 2 aliphatic rings. The molecule has 7 nitrogen and oxygen atoms in total. The van der Waals surface area contributed by atoms with Gasteiger partial charge >= 0.3 is 0 Å². The number of methoxy groups -OCH3 is 1. The number of rotatable bonds is 5. The molecule has 1 fully saturated rings. The van der Waals surface area contributed by atoms with Crippen LogP contribution in [0.2, 0.25) is 0 Å². The van der Waals surface area contributed by atoms with Crippen LogP contribution in [0.3, 0.4) is 0 Å². The standard InChI is InChI=1S/C27H38N4O3/c1-26(2,3)23-16-22-24(32)30(17-19-11-10-14-21(15-19)34-5)27(4,18-31(22)29-23)25(33)28-20-12-8-6-7-9-13-20/h10-11,14-16,20H,6-9,12-13,17-18H2,1-5H3,(H,28,33). The van der Waals surface area contributed by atoms with Crippen molar-refractivity contribution in [1.82, 2.24) is 20.0 Å². The fourth-order valence-corrected chi connectivity index (χ4v) is 4.97. The van der Waals surface area contributed by atoms with Crippen molar-refractivity contribution < 1.29 is 14.3 Å². The molecule has 0 radical (unpaired) electrons. The molecule has 0 saturated heterocycles. The zero-order chi connectivity index (χ0) is 24.5. The summed E-state index contributed by atoms with van der Waals surface area (Å²) in [6, 6.07) is 9.71. The number of nitrogens with zero attached hydrogens (tertiary/aromatic N) is 3. The zero-order valence-corrected chi connectivity index (χ0v) is 21.2. The number of carbonyl (C=O) groups is 2. The Morgan fingerprint density at radius 3 is 2.53 bits per heavy atom. The summed E-state index contributed by atoms with van der Waals surface area (Å²) >= 11 is 0. The van der Waals surface area contributed by atoms with E-state index in [4.69, 9.17) is 9.84 Å². The monoisotopic (exact) mass is 466 g/mol. The molecule has 1 atom stereocenters. The number of aromatic nitrogens is 2. The Hall–Kier alpha value is -2.83. The van der Waals surface area contributed by atoms with Gasteiger partial charge in [0.25, 0.3) is 5.91 Å². The smallest absolute Gasteiger partial charge is 0.273 e. The largest absolute Gasteiger partial charge is 0.497 e. The van der Waals surface area contributed by atoms with Gasteiger partial charge in [-0.1, -0.05) is 58.6 Å². The maximum atomic E-state index is 13.8. The van der Waals surface area contributed by atoms with Gasteiger partial charge in [-0.05, 0) is 43.5 Å². The van der Waals surface area contributed by atoms with Crippen molar-refractivity contribution >= 4 is 11.8 Å². The predicted molar refractivity (Wildman–Crippen MR) is 132 cm³/mol. The van der Waals surface area contributed by atoms with Crippen LogP contribution in [0.1, 0.15) is 88.0 Å². The SMILES string of the molecule is COc1cccc(CN2C(=O)c3cc(C(C)(C)C)nn3CC2(C)C(=O)NC2CCCCCC2)c1. The maximum Gasteiger partial charge on any atom is 0.273 e. The molecule has 0 bridgehead atoms. The van der Waals surface area contributed by atoms with Crippen molar-refractivity contribution in [3.63, 3.8) is 0 Å². The van der Waals surface area contributed by atoms with Gasteiger partial charge in [-0.3, -0.25) is 14.3 Å². The second kappa shape index (κ2) is 9.43. The average molecular weight is 467 g/mol. The summed E-state index contributed by atoms with van der Waals surface area (Å²) in [4.78, 5) is 29.4. The molecule has 1 aromatic carbocycles. The molecule has 0 spiro atoms. The van der Waals surface area contributed by atoms with Gasteiger partial charge in [0, 0.05) is 18.0 Å². The molecule has 2 aromatic rings. The molecule has 2 amide bonds. The van der Waals surface area contributed by atoms with E-state index in [1.54, 1.807) is 16.7 Å². The Morgan fingerprint density at radius 2 is 1.88 bits per heavy atom. The summed E-state index contributed by atoms with van der Waals surface area (Å²) in [5, 5.41) is 8.05. The van der Waals surface area contributed by atoms with Crippen LogP contribution < -0.4 is 10.1 Å². The summed E-state index contributed by atoms with van der Waals surface area (Å²) < 4.78 is 7.12. The van der Waals surface area contributed by atoms with Crippen LogP contribution in [0.5, 0.6) is 5.75 Å². The minimum Gasteiger partial charge on any atom is -0.497 e. The lowest BCUT2D eigenvalue weighted by molar-refractivity contribution is -0.134. The van der Waals surface area contributed by atoms with Crippen LogP contribution in [0.25, 0.3) is 0 Å². The number of fused-ring (bicyclic) bond motifs is 1. The highest BCUT2D eigenvalue weighted by molar-refractivity contribution is 5.99. The van der Waals surface area contributed by atoms with Gasteiger partial charge in [0.1, 0.15) is 17.0 Å². The summed E-state index contributed by atoms with van der Waals surface area (Å²) in [6.07, 6.45) is 6.69. The molecular formula is C27H38N4O3. The van der Waals surface area contributed by atoms with Gasteiger partial charge in [0.15, 0.2) is 0 Å². The Labute approximate surface area is 202 Å². The summed E-state index contributed by atoms with van der Waals surface area (Å²) in [5.41, 5.74) is 1.06. The first-order valence-corrected chi connectivity index (χ1v) is 12.5. The number of amides is 2. The highest BCUT2D eigenvalue weighted by Gasteiger charge is 2.48. The lowest BCUT2D eigenvalue weighted by Crippen LogP contribution is -2.64. The average Bonchev–Trinajstić information content (AvgIpc) is 3.07. The minimum atomic E-state index is -1.05. The molecule has 1 aliphatic heterocycles. The molecule has 4 rings (SSSR count). The van der Waals surface area contributed by atoms with Gasteiger partial charge in [-0.25, -0.2) is 0 Å². The van der Waals surface area contributed by atoms with Gasteiger partial charge in [-0.15, -0.1) is 0 Å².